The number of nitrogens with zero attached hydrogens (tertiary/aromatic N) is 2. The van der Waals surface area contributed by atoms with E-state index in [1.165, 1.54) is 0 Å². The molecule has 0 radical (unpaired) electrons. The first kappa shape index (κ1) is 17.7. The van der Waals surface area contributed by atoms with E-state index in [4.69, 9.17) is 5.73 Å². The number of carbonyl (C=O) groups is 4. The van der Waals surface area contributed by atoms with Crippen molar-refractivity contribution in [1.29, 1.82) is 0 Å². The Kier molecular flexibility index (Phi) is 4.43. The number of fused-ring (bicyclic) bond motifs is 1. The molecule has 27 heavy (non-hydrogen) atoms. The van der Waals surface area contributed by atoms with Crippen LogP contribution in [0, 0.1) is 5.92 Å². The zero-order valence-electron chi connectivity index (χ0n) is 14.9. The Bertz CT molecular complexity index is 829. The van der Waals surface area contributed by atoms with Gasteiger partial charge in [-0.3, -0.25) is 29.4 Å². The van der Waals surface area contributed by atoms with Crippen molar-refractivity contribution < 1.29 is 19.2 Å². The molecule has 0 saturated carbocycles. The van der Waals surface area contributed by atoms with Crippen LogP contribution in [0.1, 0.15) is 46.4 Å². The predicted molar refractivity (Wildman–Crippen MR) is 97.1 cm³/mol. The summed E-state index contributed by atoms with van der Waals surface area (Å²) in [5, 5.41) is 2.22. The van der Waals surface area contributed by atoms with Crippen LogP contribution >= 0.6 is 0 Å². The SMILES string of the molecule is NCC1CCN(c2cccc3c2C(=O)N(C2CCC(=O)NC2=O)C3=O)CC1. The molecule has 2 saturated heterocycles. The van der Waals surface area contributed by atoms with Crippen LogP contribution in [0.4, 0.5) is 5.69 Å². The maximum atomic E-state index is 13.1. The fraction of sp³-hybridized carbons (Fsp3) is 0.474. The number of piperidine rings is 2. The van der Waals surface area contributed by atoms with Crippen molar-refractivity contribution in [3.05, 3.63) is 29.3 Å². The lowest BCUT2D eigenvalue weighted by Crippen LogP contribution is -2.54. The molecule has 8 heteroatoms. The molecule has 1 atom stereocenters. The topological polar surface area (TPSA) is 113 Å². The third-order valence-corrected chi connectivity index (χ3v) is 5.73. The Morgan fingerprint density at radius 2 is 1.78 bits per heavy atom. The van der Waals surface area contributed by atoms with E-state index in [-0.39, 0.29) is 18.7 Å². The van der Waals surface area contributed by atoms with E-state index < -0.39 is 23.8 Å². The average Bonchev–Trinajstić information content (AvgIpc) is 2.93. The van der Waals surface area contributed by atoms with Gasteiger partial charge >= 0.3 is 0 Å². The van der Waals surface area contributed by atoms with Crippen LogP contribution in [-0.4, -0.2) is 54.2 Å². The molecule has 3 aliphatic heterocycles. The first-order valence-electron chi connectivity index (χ1n) is 9.31. The molecule has 0 spiro atoms. The van der Waals surface area contributed by atoms with E-state index in [0.29, 0.717) is 23.6 Å². The van der Waals surface area contributed by atoms with Crippen molar-refractivity contribution in [3.8, 4) is 0 Å². The number of nitrogens with one attached hydrogen (secondary N) is 1. The lowest BCUT2D eigenvalue weighted by molar-refractivity contribution is -0.136. The van der Waals surface area contributed by atoms with Crippen LogP contribution in [0.25, 0.3) is 0 Å². The molecule has 0 bridgehead atoms. The largest absolute Gasteiger partial charge is 0.371 e. The van der Waals surface area contributed by atoms with Crippen molar-refractivity contribution in [3.63, 3.8) is 0 Å². The normalized spacial score (nSPS) is 23.7. The van der Waals surface area contributed by atoms with Crippen molar-refractivity contribution in [2.75, 3.05) is 24.5 Å². The summed E-state index contributed by atoms with van der Waals surface area (Å²) in [6, 6.07) is 4.30. The van der Waals surface area contributed by atoms with Gasteiger partial charge in [0.15, 0.2) is 0 Å². The quantitative estimate of drug-likeness (QED) is 0.738. The van der Waals surface area contributed by atoms with Crippen molar-refractivity contribution in [1.82, 2.24) is 10.2 Å². The molecule has 1 aromatic rings. The summed E-state index contributed by atoms with van der Waals surface area (Å²) in [5.74, 6) is -1.41. The van der Waals surface area contributed by atoms with Crippen molar-refractivity contribution in [2.24, 2.45) is 11.7 Å². The zero-order chi connectivity index (χ0) is 19.1. The van der Waals surface area contributed by atoms with Gasteiger partial charge in [0.2, 0.25) is 11.8 Å². The maximum absolute atomic E-state index is 13.1. The second kappa shape index (κ2) is 6.77. The van der Waals surface area contributed by atoms with Crippen LogP contribution in [0.2, 0.25) is 0 Å². The lowest BCUT2D eigenvalue weighted by atomic mass is 9.95. The lowest BCUT2D eigenvalue weighted by Gasteiger charge is -2.34. The molecule has 0 aromatic heterocycles. The molecule has 0 aliphatic carbocycles. The number of anilines is 1. The van der Waals surface area contributed by atoms with Crippen LogP contribution in [0.3, 0.4) is 0 Å². The number of hydrogen-bond donors (Lipinski definition) is 2. The highest BCUT2D eigenvalue weighted by Gasteiger charge is 2.46. The number of carbonyl (C=O) groups excluding carboxylic acids is 4. The minimum Gasteiger partial charge on any atom is -0.371 e. The van der Waals surface area contributed by atoms with Crippen molar-refractivity contribution >= 4 is 29.3 Å². The average molecular weight is 370 g/mol. The fourth-order valence-corrected chi connectivity index (χ4v) is 4.17. The van der Waals surface area contributed by atoms with Crippen LogP contribution in [0.5, 0.6) is 0 Å². The third kappa shape index (κ3) is 2.90. The Balaban J connectivity index is 1.64. The maximum Gasteiger partial charge on any atom is 0.264 e. The molecule has 4 rings (SSSR count). The van der Waals surface area contributed by atoms with Gasteiger partial charge in [-0.1, -0.05) is 6.07 Å². The molecule has 2 fully saturated rings. The Morgan fingerprint density at radius 3 is 2.44 bits per heavy atom. The standard InChI is InChI=1S/C19H22N4O4/c20-10-11-6-8-22(9-7-11)13-3-1-2-12-16(13)19(27)23(18(12)26)14-4-5-15(24)21-17(14)25/h1-3,11,14H,4-10,20H2,(H,21,24,25). The predicted octanol–water partition coefficient (Wildman–Crippen LogP) is 0.263. The first-order chi connectivity index (χ1) is 13.0. The number of hydrogen-bond acceptors (Lipinski definition) is 6. The van der Waals surface area contributed by atoms with E-state index >= 15 is 0 Å². The van der Waals surface area contributed by atoms with E-state index in [1.54, 1.807) is 12.1 Å². The number of nitrogens with two attached hydrogens (primary N) is 1. The second-order valence-electron chi connectivity index (χ2n) is 7.31. The van der Waals surface area contributed by atoms with Gasteiger partial charge in [0, 0.05) is 19.5 Å². The molecule has 1 unspecified atom stereocenters. The molecular formula is C19H22N4O4. The Hall–Kier alpha value is -2.74. The second-order valence-corrected chi connectivity index (χ2v) is 7.31. The highest BCUT2D eigenvalue weighted by molar-refractivity contribution is 6.25. The Labute approximate surface area is 156 Å². The highest BCUT2D eigenvalue weighted by Crippen LogP contribution is 2.35. The van der Waals surface area contributed by atoms with Gasteiger partial charge in [-0.05, 0) is 43.9 Å². The summed E-state index contributed by atoms with van der Waals surface area (Å²) in [4.78, 5) is 52.7. The minimum atomic E-state index is -0.939. The van der Waals surface area contributed by atoms with Gasteiger partial charge < -0.3 is 10.6 Å². The zero-order valence-corrected chi connectivity index (χ0v) is 14.9. The highest BCUT2D eigenvalue weighted by atomic mass is 16.2. The number of benzene rings is 1. The molecule has 3 aliphatic rings. The van der Waals surface area contributed by atoms with E-state index in [9.17, 15) is 19.2 Å². The minimum absolute atomic E-state index is 0.114. The summed E-state index contributed by atoms with van der Waals surface area (Å²) >= 11 is 0. The summed E-state index contributed by atoms with van der Waals surface area (Å²) < 4.78 is 0. The smallest absolute Gasteiger partial charge is 0.264 e. The van der Waals surface area contributed by atoms with Gasteiger partial charge in [0.25, 0.3) is 11.8 Å². The molecule has 3 heterocycles. The summed E-state index contributed by atoms with van der Waals surface area (Å²) in [5.41, 5.74) is 7.17. The molecule has 4 amide bonds. The Morgan fingerprint density at radius 1 is 1.04 bits per heavy atom. The van der Waals surface area contributed by atoms with Gasteiger partial charge in [-0.25, -0.2) is 0 Å². The molecular weight excluding hydrogens is 348 g/mol. The summed E-state index contributed by atoms with van der Waals surface area (Å²) in [6.45, 7) is 2.21. The van der Waals surface area contributed by atoms with E-state index in [2.05, 4.69) is 10.2 Å². The number of amides is 4. The van der Waals surface area contributed by atoms with Gasteiger partial charge in [-0.2, -0.15) is 0 Å². The van der Waals surface area contributed by atoms with Gasteiger partial charge in [0.05, 0.1) is 16.8 Å². The molecule has 3 N–H and O–H groups in total. The monoisotopic (exact) mass is 370 g/mol. The van der Waals surface area contributed by atoms with E-state index in [1.807, 2.05) is 6.07 Å². The fourth-order valence-electron chi connectivity index (χ4n) is 4.17. The molecule has 142 valence electrons. The summed E-state index contributed by atoms with van der Waals surface area (Å²) in [6.07, 6.45) is 2.16. The van der Waals surface area contributed by atoms with E-state index in [0.717, 1.165) is 36.5 Å². The van der Waals surface area contributed by atoms with Crippen LogP contribution in [0.15, 0.2) is 18.2 Å². The van der Waals surface area contributed by atoms with Crippen LogP contribution in [-0.2, 0) is 9.59 Å². The van der Waals surface area contributed by atoms with Crippen LogP contribution < -0.4 is 16.0 Å². The number of imide groups is 2. The molecule has 8 nitrogen and oxygen atoms in total. The first-order valence-corrected chi connectivity index (χ1v) is 9.31. The third-order valence-electron chi connectivity index (χ3n) is 5.73. The van der Waals surface area contributed by atoms with Gasteiger partial charge in [-0.15, -0.1) is 0 Å². The number of rotatable bonds is 3. The van der Waals surface area contributed by atoms with Crippen molar-refractivity contribution in [2.45, 2.75) is 31.7 Å². The molecule has 1 aromatic carbocycles. The summed E-state index contributed by atoms with van der Waals surface area (Å²) in [7, 11) is 0. The van der Waals surface area contributed by atoms with Gasteiger partial charge in [0.1, 0.15) is 6.04 Å².